The van der Waals surface area contributed by atoms with Crippen LogP contribution in [0.15, 0.2) is 6.20 Å². The Morgan fingerprint density at radius 2 is 2.17 bits per heavy atom. The molecule has 1 heterocycles. The fourth-order valence-electron chi connectivity index (χ4n) is 0.758. The van der Waals surface area contributed by atoms with Gasteiger partial charge in [-0.1, -0.05) is 11.6 Å². The van der Waals surface area contributed by atoms with Gasteiger partial charge in [0.05, 0.1) is 6.20 Å². The summed E-state index contributed by atoms with van der Waals surface area (Å²) >= 11 is 11.3. The van der Waals surface area contributed by atoms with Crippen LogP contribution >= 0.6 is 23.2 Å². The molecule has 5 heteroatoms. The average molecular weight is 205 g/mol. The minimum atomic E-state index is 0.162. The quantitative estimate of drug-likeness (QED) is 0.695. The molecule has 0 amide bonds. The third-order valence-electron chi connectivity index (χ3n) is 1.49. The summed E-state index contributed by atoms with van der Waals surface area (Å²) in [6, 6.07) is 0. The van der Waals surface area contributed by atoms with E-state index in [0.29, 0.717) is 10.9 Å². The van der Waals surface area contributed by atoms with Crippen molar-refractivity contribution in [3.8, 4) is 5.88 Å². The molecule has 1 aromatic rings. The molecule has 1 aromatic heterocycles. The van der Waals surface area contributed by atoms with E-state index in [1.165, 1.54) is 6.20 Å². The molecule has 12 heavy (non-hydrogen) atoms. The van der Waals surface area contributed by atoms with Crippen LogP contribution in [0, 0.1) is 0 Å². The molecule has 0 aliphatic heterocycles. The maximum Gasteiger partial charge on any atom is 0.237 e. The molecule has 64 valence electrons. The fraction of sp³-hybridized carbons (Fsp3) is 0.429. The molecular formula is C7H6Cl2N2O. The molecule has 0 unspecified atom stereocenters. The van der Waals surface area contributed by atoms with Crippen LogP contribution in [0.5, 0.6) is 5.88 Å². The van der Waals surface area contributed by atoms with Gasteiger partial charge in [-0.15, -0.1) is 0 Å². The first kappa shape index (κ1) is 8.08. The van der Waals surface area contributed by atoms with Crippen molar-refractivity contribution < 1.29 is 4.74 Å². The third-order valence-corrected chi connectivity index (χ3v) is 1.93. The molecule has 1 saturated carbocycles. The normalized spacial score (nSPS) is 16.2. The number of halogens is 2. The van der Waals surface area contributed by atoms with Crippen LogP contribution in [0.4, 0.5) is 0 Å². The topological polar surface area (TPSA) is 35.0 Å². The maximum atomic E-state index is 5.76. The Bertz CT molecular complexity index is 301. The predicted octanol–water partition coefficient (Wildman–Crippen LogP) is 2.32. The number of rotatable bonds is 2. The van der Waals surface area contributed by atoms with Crippen LogP contribution < -0.4 is 4.74 Å². The molecule has 1 aliphatic carbocycles. The summed E-state index contributed by atoms with van der Waals surface area (Å²) in [5, 5.41) is 0.571. The van der Waals surface area contributed by atoms with Gasteiger partial charge in [-0.2, -0.15) is 4.98 Å². The van der Waals surface area contributed by atoms with Gasteiger partial charge in [0.1, 0.15) is 11.1 Å². The van der Waals surface area contributed by atoms with Crippen molar-refractivity contribution in [3.63, 3.8) is 0 Å². The summed E-state index contributed by atoms with van der Waals surface area (Å²) in [4.78, 5) is 7.56. The molecule has 0 saturated heterocycles. The first-order valence-corrected chi connectivity index (χ1v) is 4.36. The Labute approximate surface area is 79.7 Å². The highest BCUT2D eigenvalue weighted by Crippen LogP contribution is 2.30. The largest absolute Gasteiger partial charge is 0.473 e. The van der Waals surface area contributed by atoms with Crippen molar-refractivity contribution >= 4 is 23.2 Å². The maximum absolute atomic E-state index is 5.76. The number of aromatic nitrogens is 2. The summed E-state index contributed by atoms with van der Waals surface area (Å²) in [6.07, 6.45) is 3.85. The van der Waals surface area contributed by atoms with Crippen LogP contribution in [0.3, 0.4) is 0 Å². The smallest absolute Gasteiger partial charge is 0.237 e. The summed E-state index contributed by atoms with van der Waals surface area (Å²) in [5.41, 5.74) is 0. The van der Waals surface area contributed by atoms with E-state index in [1.807, 2.05) is 0 Å². The Balaban J connectivity index is 2.21. The number of hydrogen-bond acceptors (Lipinski definition) is 3. The van der Waals surface area contributed by atoms with Gasteiger partial charge >= 0.3 is 0 Å². The van der Waals surface area contributed by atoms with Gasteiger partial charge in [0.2, 0.25) is 11.2 Å². The molecule has 2 rings (SSSR count). The molecule has 0 atom stereocenters. The van der Waals surface area contributed by atoms with E-state index in [-0.39, 0.29) is 11.4 Å². The lowest BCUT2D eigenvalue weighted by molar-refractivity contribution is 0.291. The number of hydrogen-bond donors (Lipinski definition) is 0. The Kier molecular flexibility index (Phi) is 2.07. The summed E-state index contributed by atoms with van der Waals surface area (Å²) in [5.74, 6) is 0.388. The van der Waals surface area contributed by atoms with Crippen molar-refractivity contribution in [1.82, 2.24) is 9.97 Å². The SMILES string of the molecule is Clc1ncc(Cl)c(OC2CC2)n1. The van der Waals surface area contributed by atoms with E-state index >= 15 is 0 Å². The lowest BCUT2D eigenvalue weighted by Crippen LogP contribution is -1.99. The second-order valence-corrected chi connectivity index (χ2v) is 3.35. The molecule has 1 fully saturated rings. The highest BCUT2D eigenvalue weighted by molar-refractivity contribution is 6.32. The highest BCUT2D eigenvalue weighted by atomic mass is 35.5. The number of ether oxygens (including phenoxy) is 1. The first-order chi connectivity index (χ1) is 5.75. The van der Waals surface area contributed by atoms with Crippen molar-refractivity contribution in [2.75, 3.05) is 0 Å². The van der Waals surface area contributed by atoms with Crippen LogP contribution in [0.1, 0.15) is 12.8 Å². The first-order valence-electron chi connectivity index (χ1n) is 3.60. The zero-order chi connectivity index (χ0) is 8.55. The van der Waals surface area contributed by atoms with Gasteiger partial charge < -0.3 is 4.74 Å². The van der Waals surface area contributed by atoms with E-state index in [1.54, 1.807) is 0 Å². The standard InChI is InChI=1S/C7H6Cl2N2O/c8-5-3-10-7(9)11-6(5)12-4-1-2-4/h3-4H,1-2H2. The van der Waals surface area contributed by atoms with E-state index in [4.69, 9.17) is 27.9 Å². The molecule has 0 bridgehead atoms. The van der Waals surface area contributed by atoms with E-state index in [9.17, 15) is 0 Å². The molecule has 0 spiro atoms. The summed E-state index contributed by atoms with van der Waals surface area (Å²) < 4.78 is 5.37. The molecule has 0 radical (unpaired) electrons. The Hall–Kier alpha value is -0.540. The fourth-order valence-corrected chi connectivity index (χ4v) is 1.02. The van der Waals surface area contributed by atoms with Gasteiger partial charge in [-0.25, -0.2) is 4.98 Å². The molecule has 3 nitrogen and oxygen atoms in total. The lowest BCUT2D eigenvalue weighted by Gasteiger charge is -2.03. The summed E-state index contributed by atoms with van der Waals surface area (Å²) in [7, 11) is 0. The minimum Gasteiger partial charge on any atom is -0.473 e. The van der Waals surface area contributed by atoms with E-state index in [2.05, 4.69) is 9.97 Å². The third kappa shape index (κ3) is 1.79. The van der Waals surface area contributed by atoms with Crippen LogP contribution in [-0.4, -0.2) is 16.1 Å². The number of nitrogens with zero attached hydrogens (tertiary/aromatic N) is 2. The Morgan fingerprint density at radius 3 is 2.83 bits per heavy atom. The van der Waals surface area contributed by atoms with Gasteiger partial charge in [0.15, 0.2) is 0 Å². The van der Waals surface area contributed by atoms with Gasteiger partial charge in [-0.05, 0) is 24.4 Å². The van der Waals surface area contributed by atoms with Crippen molar-refractivity contribution in [3.05, 3.63) is 16.5 Å². The van der Waals surface area contributed by atoms with E-state index in [0.717, 1.165) is 12.8 Å². The molecular weight excluding hydrogens is 199 g/mol. The predicted molar refractivity (Wildman–Crippen MR) is 45.7 cm³/mol. The monoisotopic (exact) mass is 204 g/mol. The second kappa shape index (κ2) is 3.07. The Morgan fingerprint density at radius 1 is 1.42 bits per heavy atom. The second-order valence-electron chi connectivity index (χ2n) is 2.61. The average Bonchev–Trinajstić information content (AvgIpc) is 2.81. The summed E-state index contributed by atoms with van der Waals surface area (Å²) in [6.45, 7) is 0. The van der Waals surface area contributed by atoms with Gasteiger partial charge in [0, 0.05) is 0 Å². The highest BCUT2D eigenvalue weighted by Gasteiger charge is 2.25. The van der Waals surface area contributed by atoms with Crippen LogP contribution in [-0.2, 0) is 0 Å². The van der Waals surface area contributed by atoms with Crippen LogP contribution in [0.2, 0.25) is 10.3 Å². The van der Waals surface area contributed by atoms with Gasteiger partial charge in [0.25, 0.3) is 0 Å². The van der Waals surface area contributed by atoms with Crippen molar-refractivity contribution in [2.24, 2.45) is 0 Å². The minimum absolute atomic E-state index is 0.162. The molecule has 0 N–H and O–H groups in total. The van der Waals surface area contributed by atoms with Crippen molar-refractivity contribution in [2.45, 2.75) is 18.9 Å². The zero-order valence-corrected chi connectivity index (χ0v) is 7.64. The van der Waals surface area contributed by atoms with E-state index < -0.39 is 0 Å². The molecule has 0 aromatic carbocycles. The van der Waals surface area contributed by atoms with Gasteiger partial charge in [-0.3, -0.25) is 0 Å². The lowest BCUT2D eigenvalue weighted by atomic mass is 10.6. The van der Waals surface area contributed by atoms with Crippen LogP contribution in [0.25, 0.3) is 0 Å². The zero-order valence-electron chi connectivity index (χ0n) is 6.13. The van der Waals surface area contributed by atoms with Crippen molar-refractivity contribution in [1.29, 1.82) is 0 Å². The molecule has 1 aliphatic rings.